The summed E-state index contributed by atoms with van der Waals surface area (Å²) in [6.07, 6.45) is 5.94. The van der Waals surface area contributed by atoms with Crippen molar-refractivity contribution in [3.63, 3.8) is 0 Å². The maximum atomic E-state index is 13.2. The molecule has 1 aliphatic heterocycles. The maximum Gasteiger partial charge on any atom is 0.270 e. The average molecular weight is 425 g/mol. The monoisotopic (exact) mass is 424 g/mol. The second-order valence-corrected chi connectivity index (χ2v) is 8.10. The number of nitrogens with one attached hydrogen (secondary N) is 1. The normalized spacial score (nSPS) is 13.3. The van der Waals surface area contributed by atoms with Crippen LogP contribution in [-0.4, -0.2) is 46.9 Å². The molecule has 0 aliphatic carbocycles. The van der Waals surface area contributed by atoms with Gasteiger partial charge in [0.15, 0.2) is 0 Å². The molecule has 6 nitrogen and oxygen atoms in total. The van der Waals surface area contributed by atoms with Gasteiger partial charge in [-0.2, -0.15) is 0 Å². The molecule has 32 heavy (non-hydrogen) atoms. The van der Waals surface area contributed by atoms with E-state index in [0.717, 1.165) is 57.4 Å². The fourth-order valence-corrected chi connectivity index (χ4v) is 4.46. The molecule has 0 atom stereocenters. The van der Waals surface area contributed by atoms with Gasteiger partial charge in [-0.05, 0) is 59.9 Å². The standard InChI is InChI=1S/C26H24N4O2/c1-29-14-11-22-23-15-19(20-3-2-12-27-16-20)6-9-24(23)30(25(22)26(29)32)21-7-4-18(5-8-21)10-13-28-17-31/h2-9,12,15-17H,10-11,13-14H2,1H3,(H,28,31). The number of benzene rings is 2. The molecule has 5 rings (SSSR count). The molecule has 3 heterocycles. The lowest BCUT2D eigenvalue weighted by atomic mass is 10.00. The van der Waals surface area contributed by atoms with E-state index in [-0.39, 0.29) is 5.91 Å². The molecule has 2 amide bonds. The molecule has 160 valence electrons. The summed E-state index contributed by atoms with van der Waals surface area (Å²) in [6.45, 7) is 1.32. The molecule has 6 heteroatoms. The van der Waals surface area contributed by atoms with Crippen LogP contribution < -0.4 is 5.32 Å². The van der Waals surface area contributed by atoms with E-state index in [9.17, 15) is 9.59 Å². The zero-order chi connectivity index (χ0) is 22.1. The number of nitrogens with zero attached hydrogens (tertiary/aromatic N) is 3. The minimum atomic E-state index is 0.0460. The van der Waals surface area contributed by atoms with Crippen LogP contribution in [0.25, 0.3) is 27.7 Å². The van der Waals surface area contributed by atoms with Crippen molar-refractivity contribution in [2.45, 2.75) is 12.8 Å². The Labute approximate surface area is 186 Å². The molecule has 0 bridgehead atoms. The number of hydrogen-bond acceptors (Lipinski definition) is 3. The van der Waals surface area contributed by atoms with Crippen molar-refractivity contribution < 1.29 is 9.59 Å². The summed E-state index contributed by atoms with van der Waals surface area (Å²) in [4.78, 5) is 29.8. The van der Waals surface area contributed by atoms with E-state index in [4.69, 9.17) is 0 Å². The van der Waals surface area contributed by atoms with Gasteiger partial charge in [0, 0.05) is 49.2 Å². The van der Waals surface area contributed by atoms with Gasteiger partial charge in [-0.3, -0.25) is 14.6 Å². The molecule has 0 saturated heterocycles. The molecule has 0 radical (unpaired) electrons. The first kappa shape index (κ1) is 20.0. The minimum absolute atomic E-state index is 0.0460. The Balaban J connectivity index is 1.65. The van der Waals surface area contributed by atoms with E-state index in [1.54, 1.807) is 11.1 Å². The Morgan fingerprint density at radius 3 is 2.69 bits per heavy atom. The number of aromatic nitrogens is 2. The molecular formula is C26H24N4O2. The maximum absolute atomic E-state index is 13.2. The van der Waals surface area contributed by atoms with Gasteiger partial charge in [0.2, 0.25) is 6.41 Å². The molecule has 0 saturated carbocycles. The van der Waals surface area contributed by atoms with Crippen LogP contribution in [0.15, 0.2) is 67.0 Å². The van der Waals surface area contributed by atoms with Crippen LogP contribution in [0.2, 0.25) is 0 Å². The predicted molar refractivity (Wildman–Crippen MR) is 125 cm³/mol. The molecule has 4 aromatic rings. The Bertz CT molecular complexity index is 1290. The summed E-state index contributed by atoms with van der Waals surface area (Å²) in [5.74, 6) is 0.0460. The van der Waals surface area contributed by atoms with Crippen LogP contribution in [0.3, 0.4) is 0 Å². The van der Waals surface area contributed by atoms with Crippen molar-refractivity contribution in [1.82, 2.24) is 19.8 Å². The van der Waals surface area contributed by atoms with Crippen molar-refractivity contribution in [3.05, 3.63) is 83.8 Å². The Morgan fingerprint density at radius 2 is 1.94 bits per heavy atom. The number of likely N-dealkylation sites (N-methyl/N-ethyl adjacent to an activating group) is 1. The van der Waals surface area contributed by atoms with Crippen molar-refractivity contribution in [2.75, 3.05) is 20.1 Å². The Morgan fingerprint density at radius 1 is 1.09 bits per heavy atom. The average Bonchev–Trinajstić information content (AvgIpc) is 3.17. The van der Waals surface area contributed by atoms with E-state index < -0.39 is 0 Å². The highest BCUT2D eigenvalue weighted by molar-refractivity contribution is 6.04. The summed E-state index contributed by atoms with van der Waals surface area (Å²) < 4.78 is 2.09. The number of carbonyl (C=O) groups excluding carboxylic acids is 2. The quantitative estimate of drug-likeness (QED) is 0.380. The van der Waals surface area contributed by atoms with Crippen molar-refractivity contribution >= 4 is 23.2 Å². The van der Waals surface area contributed by atoms with Crippen molar-refractivity contribution in [1.29, 1.82) is 0 Å². The van der Waals surface area contributed by atoms with Gasteiger partial charge in [0.25, 0.3) is 5.91 Å². The van der Waals surface area contributed by atoms with Gasteiger partial charge in [0.05, 0.1) is 5.52 Å². The number of hydrogen-bond donors (Lipinski definition) is 1. The van der Waals surface area contributed by atoms with Crippen LogP contribution in [0.5, 0.6) is 0 Å². The van der Waals surface area contributed by atoms with E-state index >= 15 is 0 Å². The molecule has 1 N–H and O–H groups in total. The van der Waals surface area contributed by atoms with Crippen molar-refractivity contribution in [2.24, 2.45) is 0 Å². The first-order valence-electron chi connectivity index (χ1n) is 10.8. The minimum Gasteiger partial charge on any atom is -0.358 e. The van der Waals surface area contributed by atoms with E-state index in [1.165, 1.54) is 0 Å². The highest BCUT2D eigenvalue weighted by Crippen LogP contribution is 2.35. The van der Waals surface area contributed by atoms with Crippen molar-refractivity contribution in [3.8, 4) is 16.8 Å². The molecule has 1 aliphatic rings. The molecule has 0 unspecified atom stereocenters. The summed E-state index contributed by atoms with van der Waals surface area (Å²) >= 11 is 0. The first-order valence-corrected chi connectivity index (χ1v) is 10.8. The Kier molecular flexibility index (Phi) is 5.19. The number of amides is 2. The smallest absolute Gasteiger partial charge is 0.270 e. The third kappa shape index (κ3) is 3.43. The lowest BCUT2D eigenvalue weighted by Crippen LogP contribution is -2.35. The van der Waals surface area contributed by atoms with Crippen LogP contribution >= 0.6 is 0 Å². The van der Waals surface area contributed by atoms with Gasteiger partial charge in [0.1, 0.15) is 5.69 Å². The number of fused-ring (bicyclic) bond motifs is 3. The fraction of sp³-hybridized carbons (Fsp3) is 0.192. The second-order valence-electron chi connectivity index (χ2n) is 8.10. The van der Waals surface area contributed by atoms with E-state index in [1.807, 2.05) is 31.4 Å². The number of pyridine rings is 1. The van der Waals surface area contributed by atoms with E-state index in [2.05, 4.69) is 51.3 Å². The zero-order valence-corrected chi connectivity index (χ0v) is 17.9. The van der Waals surface area contributed by atoms with Gasteiger partial charge in [-0.25, -0.2) is 0 Å². The van der Waals surface area contributed by atoms with Gasteiger partial charge in [-0.1, -0.05) is 24.3 Å². The highest BCUT2D eigenvalue weighted by Gasteiger charge is 2.29. The molecule has 2 aromatic carbocycles. The molecular weight excluding hydrogens is 400 g/mol. The first-order chi connectivity index (χ1) is 15.7. The van der Waals surface area contributed by atoms with Crippen LogP contribution in [0.1, 0.15) is 21.6 Å². The largest absolute Gasteiger partial charge is 0.358 e. The third-order valence-electron chi connectivity index (χ3n) is 6.15. The number of rotatable bonds is 6. The van der Waals surface area contributed by atoms with Crippen LogP contribution in [0.4, 0.5) is 0 Å². The van der Waals surface area contributed by atoms with Crippen LogP contribution in [0, 0.1) is 0 Å². The van der Waals surface area contributed by atoms with Gasteiger partial charge < -0.3 is 14.8 Å². The molecule has 2 aromatic heterocycles. The van der Waals surface area contributed by atoms with Gasteiger partial charge in [-0.15, -0.1) is 0 Å². The molecule has 0 spiro atoms. The SMILES string of the molecule is CN1CCc2c(n(-c3ccc(CCNC=O)cc3)c3ccc(-c4cccnc4)cc23)C1=O. The molecule has 0 fully saturated rings. The van der Waals surface area contributed by atoms with E-state index in [0.29, 0.717) is 19.5 Å². The highest BCUT2D eigenvalue weighted by atomic mass is 16.2. The zero-order valence-electron chi connectivity index (χ0n) is 17.9. The summed E-state index contributed by atoms with van der Waals surface area (Å²) in [7, 11) is 1.86. The third-order valence-corrected chi connectivity index (χ3v) is 6.15. The fourth-order valence-electron chi connectivity index (χ4n) is 4.46. The Hall–Kier alpha value is -3.93. The van der Waals surface area contributed by atoms with Crippen LogP contribution in [-0.2, 0) is 17.6 Å². The predicted octanol–water partition coefficient (Wildman–Crippen LogP) is 3.61. The topological polar surface area (TPSA) is 67.2 Å². The lowest BCUT2D eigenvalue weighted by molar-refractivity contribution is -0.109. The number of carbonyl (C=O) groups is 2. The lowest BCUT2D eigenvalue weighted by Gasteiger charge is -2.24. The summed E-state index contributed by atoms with van der Waals surface area (Å²) in [5, 5.41) is 3.81. The summed E-state index contributed by atoms with van der Waals surface area (Å²) in [5.41, 5.74) is 7.12. The summed E-state index contributed by atoms with van der Waals surface area (Å²) in [6, 6.07) is 18.6. The second kappa shape index (κ2) is 8.30. The van der Waals surface area contributed by atoms with Gasteiger partial charge >= 0.3 is 0 Å².